The third kappa shape index (κ3) is 4.11. The maximum atomic E-state index is 13.5. The Balaban J connectivity index is 1.64. The van der Waals surface area contributed by atoms with Gasteiger partial charge in [-0.05, 0) is 25.8 Å². The molecule has 0 saturated heterocycles. The summed E-state index contributed by atoms with van der Waals surface area (Å²) in [4.78, 5) is 15.4. The summed E-state index contributed by atoms with van der Waals surface area (Å²) in [6, 6.07) is 3.59. The van der Waals surface area contributed by atoms with E-state index in [9.17, 15) is 8.78 Å². The van der Waals surface area contributed by atoms with Crippen LogP contribution in [0.2, 0.25) is 0 Å². The van der Waals surface area contributed by atoms with Gasteiger partial charge in [0, 0.05) is 49.3 Å². The Morgan fingerprint density at radius 1 is 1.25 bits per heavy atom. The smallest absolute Gasteiger partial charge is 0.248 e. The molecule has 3 heterocycles. The van der Waals surface area contributed by atoms with Crippen molar-refractivity contribution in [3.8, 4) is 10.8 Å². The summed E-state index contributed by atoms with van der Waals surface area (Å²) in [7, 11) is 1.84. The number of nitrogens with zero attached hydrogens (tertiary/aromatic N) is 6. The molecule has 1 N–H and O–H groups in total. The van der Waals surface area contributed by atoms with Gasteiger partial charge in [-0.25, -0.2) is 23.7 Å². The third-order valence-corrected chi connectivity index (χ3v) is 5.68. The van der Waals surface area contributed by atoms with Gasteiger partial charge < -0.3 is 5.32 Å². The number of nitrogens with one attached hydrogen (secondary N) is 1. The maximum absolute atomic E-state index is 13.5. The van der Waals surface area contributed by atoms with E-state index < -0.39 is 5.92 Å². The van der Waals surface area contributed by atoms with Crippen LogP contribution in [-0.2, 0) is 0 Å². The topological polar surface area (TPSA) is 71.8 Å². The fourth-order valence-corrected chi connectivity index (χ4v) is 3.89. The fraction of sp³-hybridized carbons (Fsp3) is 0.444. The Morgan fingerprint density at radius 2 is 2.04 bits per heavy atom. The highest BCUT2D eigenvalue weighted by molar-refractivity contribution is 7.13. The molecule has 7 nitrogen and oxygen atoms in total. The minimum Gasteiger partial charge on any atom is -0.367 e. The average Bonchev–Trinajstić information content (AvgIpc) is 3.34. The van der Waals surface area contributed by atoms with E-state index in [1.807, 2.05) is 31.6 Å². The molecule has 3 aromatic rings. The van der Waals surface area contributed by atoms with Crippen molar-refractivity contribution in [2.45, 2.75) is 44.6 Å². The van der Waals surface area contributed by atoms with Gasteiger partial charge in [-0.1, -0.05) is 0 Å². The van der Waals surface area contributed by atoms with E-state index in [4.69, 9.17) is 0 Å². The van der Waals surface area contributed by atoms with Crippen LogP contribution in [-0.4, -0.2) is 43.9 Å². The van der Waals surface area contributed by atoms with Crippen molar-refractivity contribution in [1.82, 2.24) is 24.8 Å². The summed E-state index contributed by atoms with van der Waals surface area (Å²) in [6.45, 7) is 1.92. The first-order chi connectivity index (χ1) is 13.4. The molecule has 0 atom stereocenters. The van der Waals surface area contributed by atoms with Gasteiger partial charge >= 0.3 is 0 Å². The van der Waals surface area contributed by atoms with Crippen LogP contribution in [0.4, 0.5) is 20.4 Å². The Hall–Kier alpha value is -2.62. The fourth-order valence-electron chi connectivity index (χ4n) is 3.16. The lowest BCUT2D eigenvalue weighted by molar-refractivity contribution is -0.0361. The minimum atomic E-state index is -2.56. The molecule has 0 spiro atoms. The van der Waals surface area contributed by atoms with Gasteiger partial charge in [0.1, 0.15) is 5.82 Å². The van der Waals surface area contributed by atoms with E-state index in [-0.39, 0.29) is 18.9 Å². The molecule has 10 heteroatoms. The Morgan fingerprint density at radius 3 is 2.68 bits per heavy atom. The number of thiazole rings is 1. The summed E-state index contributed by atoms with van der Waals surface area (Å²) < 4.78 is 26.9. The Labute approximate surface area is 165 Å². The van der Waals surface area contributed by atoms with Crippen LogP contribution in [0.15, 0.2) is 29.9 Å². The van der Waals surface area contributed by atoms with Gasteiger partial charge in [0.25, 0.3) is 0 Å². The molecule has 28 heavy (non-hydrogen) atoms. The number of anilines is 2. The summed E-state index contributed by atoms with van der Waals surface area (Å²) >= 11 is 1.47. The van der Waals surface area contributed by atoms with Gasteiger partial charge in [-0.3, -0.25) is 5.01 Å². The molecule has 4 rings (SSSR count). The van der Waals surface area contributed by atoms with Crippen molar-refractivity contribution >= 4 is 23.0 Å². The van der Waals surface area contributed by atoms with E-state index in [0.717, 1.165) is 5.69 Å². The largest absolute Gasteiger partial charge is 0.367 e. The zero-order valence-electron chi connectivity index (χ0n) is 15.6. The maximum Gasteiger partial charge on any atom is 0.248 e. The van der Waals surface area contributed by atoms with Crippen molar-refractivity contribution in [2.75, 3.05) is 17.4 Å². The summed E-state index contributed by atoms with van der Waals surface area (Å²) in [5.41, 5.74) is 0.901. The van der Waals surface area contributed by atoms with E-state index >= 15 is 0 Å². The quantitative estimate of drug-likeness (QED) is 0.692. The second-order valence-corrected chi connectivity index (χ2v) is 7.81. The number of rotatable bonds is 5. The summed E-state index contributed by atoms with van der Waals surface area (Å²) in [5.74, 6) is -0.829. The number of alkyl halides is 2. The van der Waals surface area contributed by atoms with Crippen LogP contribution >= 0.6 is 11.3 Å². The van der Waals surface area contributed by atoms with Crippen molar-refractivity contribution in [2.24, 2.45) is 0 Å². The molecule has 148 valence electrons. The molecule has 0 aliphatic heterocycles. The zero-order chi connectivity index (χ0) is 19.7. The van der Waals surface area contributed by atoms with Gasteiger partial charge in [-0.15, -0.1) is 11.3 Å². The van der Waals surface area contributed by atoms with Gasteiger partial charge in [0.05, 0.1) is 6.20 Å². The molecule has 0 radical (unpaired) electrons. The molecule has 0 unspecified atom stereocenters. The molecule has 3 aromatic heterocycles. The van der Waals surface area contributed by atoms with Crippen molar-refractivity contribution in [1.29, 1.82) is 0 Å². The first-order valence-corrected chi connectivity index (χ1v) is 9.97. The molecular formula is C18H21F2N7S. The van der Waals surface area contributed by atoms with Gasteiger partial charge in [-0.2, -0.15) is 9.89 Å². The molecule has 1 aliphatic carbocycles. The van der Waals surface area contributed by atoms with Crippen molar-refractivity contribution in [3.05, 3.63) is 35.6 Å². The Bertz CT molecular complexity index is 931. The monoisotopic (exact) mass is 405 g/mol. The molecular weight excluding hydrogens is 384 g/mol. The minimum absolute atomic E-state index is 0.0386. The standard InChI is InChI=1S/C18H21F2N7S/c1-12-11-28-17(22-12)16-24-14(23-13-4-6-18(19,20)7-5-13)10-15(25-16)26(2)27-9-3-8-21-27/h3,8-11,13H,4-7H2,1-2H3,(H,23,24,25). The van der Waals surface area contributed by atoms with E-state index in [0.29, 0.717) is 35.3 Å². The van der Waals surface area contributed by atoms with E-state index in [2.05, 4.69) is 25.4 Å². The predicted octanol–water partition coefficient (Wildman–Crippen LogP) is 3.99. The summed E-state index contributed by atoms with van der Waals surface area (Å²) in [6.07, 6.45) is 4.11. The first-order valence-electron chi connectivity index (χ1n) is 9.09. The number of halogens is 2. The Kier molecular flexibility index (Phi) is 4.96. The lowest BCUT2D eigenvalue weighted by Crippen LogP contribution is -2.32. The van der Waals surface area contributed by atoms with Crippen LogP contribution in [0.3, 0.4) is 0 Å². The second kappa shape index (κ2) is 7.42. The number of hydrogen-bond acceptors (Lipinski definition) is 7. The van der Waals surface area contributed by atoms with Crippen LogP contribution in [0.5, 0.6) is 0 Å². The number of aromatic nitrogens is 5. The van der Waals surface area contributed by atoms with Crippen LogP contribution in [0, 0.1) is 6.92 Å². The highest BCUT2D eigenvalue weighted by Crippen LogP contribution is 2.34. The van der Waals surface area contributed by atoms with E-state index in [1.165, 1.54) is 11.3 Å². The van der Waals surface area contributed by atoms with Crippen molar-refractivity contribution < 1.29 is 8.78 Å². The molecule has 0 amide bonds. The number of aryl methyl sites for hydroxylation is 1. The molecule has 1 saturated carbocycles. The van der Waals surface area contributed by atoms with Gasteiger partial charge in [0.2, 0.25) is 5.92 Å². The molecule has 1 aliphatic rings. The predicted molar refractivity (Wildman–Crippen MR) is 105 cm³/mol. The van der Waals surface area contributed by atoms with Crippen LogP contribution < -0.4 is 10.3 Å². The lowest BCUT2D eigenvalue weighted by Gasteiger charge is -2.29. The highest BCUT2D eigenvalue weighted by Gasteiger charge is 2.35. The first kappa shape index (κ1) is 18.7. The highest BCUT2D eigenvalue weighted by atomic mass is 32.1. The third-order valence-electron chi connectivity index (χ3n) is 4.72. The average molecular weight is 405 g/mol. The normalized spacial score (nSPS) is 16.9. The SMILES string of the molecule is Cc1csc(-c2nc(NC3CCC(F)(F)CC3)cc(N(C)n3cccn3)n2)n1. The van der Waals surface area contributed by atoms with Gasteiger partial charge in [0.15, 0.2) is 16.6 Å². The van der Waals surface area contributed by atoms with E-state index in [1.54, 1.807) is 22.1 Å². The molecule has 1 fully saturated rings. The number of hydrogen-bond donors (Lipinski definition) is 1. The lowest BCUT2D eigenvalue weighted by atomic mass is 9.92. The van der Waals surface area contributed by atoms with Crippen molar-refractivity contribution in [3.63, 3.8) is 0 Å². The molecule has 0 aromatic carbocycles. The molecule has 0 bridgehead atoms. The zero-order valence-corrected chi connectivity index (χ0v) is 16.5. The van der Waals surface area contributed by atoms with Crippen LogP contribution in [0.1, 0.15) is 31.4 Å². The summed E-state index contributed by atoms with van der Waals surface area (Å²) in [5, 5.41) is 12.0. The second-order valence-electron chi connectivity index (χ2n) is 6.95. The van der Waals surface area contributed by atoms with Crippen LogP contribution in [0.25, 0.3) is 10.8 Å².